The number of hydrogen-bond donors (Lipinski definition) is 4. The van der Waals surface area contributed by atoms with Gasteiger partial charge in [0.05, 0.1) is 39.6 Å². The lowest BCUT2D eigenvalue weighted by Crippen LogP contribution is -2.61. The molecule has 2 aromatic heterocycles. The van der Waals surface area contributed by atoms with Crippen molar-refractivity contribution in [1.29, 1.82) is 0 Å². The van der Waals surface area contributed by atoms with Gasteiger partial charge in [-0.25, -0.2) is 18.2 Å². The molecule has 0 unspecified atom stereocenters. The zero-order valence-corrected chi connectivity index (χ0v) is 36.4. The van der Waals surface area contributed by atoms with E-state index in [2.05, 4.69) is 38.0 Å². The number of allylic oxidation sites excluding steroid dienone is 1. The smallest absolute Gasteiger partial charge is 0.433 e. The second-order valence-electron chi connectivity index (χ2n) is 16.6. The van der Waals surface area contributed by atoms with E-state index in [-0.39, 0.29) is 34.9 Å². The molecule has 6 rings (SSSR count). The molecule has 62 heavy (non-hydrogen) atoms. The molecule has 0 bridgehead atoms. The monoisotopic (exact) mass is 940 g/mol. The highest BCUT2D eigenvalue weighted by atomic mass is 32.2. The minimum absolute atomic E-state index is 0.0351. The van der Waals surface area contributed by atoms with Gasteiger partial charge in [0.2, 0.25) is 27.4 Å². The number of thiazole rings is 1. The zero-order chi connectivity index (χ0) is 45.6. The molecule has 3 N–H and O–H groups in total. The van der Waals surface area contributed by atoms with Crippen molar-refractivity contribution in [2.45, 2.75) is 131 Å². The molecule has 2 aliphatic carbocycles. The van der Waals surface area contributed by atoms with Crippen LogP contribution in [0, 0.1) is 5.92 Å². The summed E-state index contributed by atoms with van der Waals surface area (Å²) < 4.78 is 128. The highest BCUT2D eigenvalue weighted by Crippen LogP contribution is 2.48. The number of hydrogen-bond acceptors (Lipinski definition) is 13. The van der Waals surface area contributed by atoms with Gasteiger partial charge >= 0.3 is 18.4 Å². The fraction of sp³-hybridized carbons (Fsp3) is 0.632. The number of pyridine rings is 1. The topological polar surface area (TPSA) is 195 Å². The molecule has 0 spiro atoms. The Balaban J connectivity index is 1.39. The number of nitrogens with zero attached hydrogens (tertiary/aromatic N) is 3. The fourth-order valence-electron chi connectivity index (χ4n) is 7.16. The summed E-state index contributed by atoms with van der Waals surface area (Å²) in [6.45, 7) is 3.79. The molecule has 4 aliphatic rings. The lowest BCUT2D eigenvalue weighted by molar-refractivity contribution is -0.244. The lowest BCUT2D eigenvalue weighted by Gasteiger charge is -2.35. The summed E-state index contributed by atoms with van der Waals surface area (Å²) in [5, 5.41) is 4.86. The molecule has 0 radical (unpaired) electrons. The Labute approximate surface area is 362 Å². The van der Waals surface area contributed by atoms with Gasteiger partial charge in [-0.05, 0) is 72.0 Å². The average molecular weight is 941 g/mol. The van der Waals surface area contributed by atoms with Crippen molar-refractivity contribution in [2.75, 3.05) is 12.3 Å². The number of halogens is 6. The molecule has 24 heteroatoms. The maximum absolute atomic E-state index is 14.9. The Bertz CT molecular complexity index is 2170. The Hall–Kier alpha value is -4.16. The maximum Gasteiger partial charge on any atom is 0.433 e. The largest absolute Gasteiger partial charge is 0.488 e. The normalized spacial score (nSPS) is 28.6. The van der Waals surface area contributed by atoms with Gasteiger partial charge in [0.25, 0.3) is 5.91 Å². The van der Waals surface area contributed by atoms with Gasteiger partial charge < -0.3 is 29.7 Å². The quantitative estimate of drug-likeness (QED) is 0.137. The van der Waals surface area contributed by atoms with Crippen molar-refractivity contribution in [3.63, 3.8) is 0 Å². The summed E-state index contributed by atoms with van der Waals surface area (Å²) in [4.78, 5) is 65.3. The molecule has 15 nitrogen and oxygen atoms in total. The molecular weight excluding hydrogens is 895 g/mol. The number of alkyl halides is 6. The first kappa shape index (κ1) is 47.3. The highest BCUT2D eigenvalue weighted by Gasteiger charge is 2.63. The van der Waals surface area contributed by atoms with Crippen molar-refractivity contribution in [3.05, 3.63) is 41.7 Å². The number of nitrogens with one attached hydrogen (secondary N) is 3. The molecule has 0 aromatic carbocycles. The number of fused-ring (bicyclic) bond motifs is 2. The average Bonchev–Trinajstić information content (AvgIpc) is 3.91. The number of amides is 4. The third-order valence-electron chi connectivity index (χ3n) is 11.4. The summed E-state index contributed by atoms with van der Waals surface area (Å²) >= 11 is 5.28. The summed E-state index contributed by atoms with van der Waals surface area (Å²) in [6, 6.07) is -1.59. The molecule has 1 saturated heterocycles. The van der Waals surface area contributed by atoms with Crippen LogP contribution in [-0.2, 0) is 40.1 Å². The first-order valence-electron chi connectivity index (χ1n) is 19.6. The number of alkyl carbamates (subject to hydrolysis) is 1. The summed E-state index contributed by atoms with van der Waals surface area (Å²) in [7, 11) is -4.19. The first-order valence-corrected chi connectivity index (χ1v) is 22.6. The van der Waals surface area contributed by atoms with E-state index in [0.29, 0.717) is 45.6 Å². The predicted octanol–water partition coefficient (Wildman–Crippen LogP) is 5.32. The van der Waals surface area contributed by atoms with Crippen LogP contribution in [0.3, 0.4) is 0 Å². The van der Waals surface area contributed by atoms with Gasteiger partial charge in [0.1, 0.15) is 35.2 Å². The van der Waals surface area contributed by atoms with Gasteiger partial charge in [-0.1, -0.05) is 12.2 Å². The Kier molecular flexibility index (Phi) is 13.3. The van der Waals surface area contributed by atoms with E-state index in [0.717, 1.165) is 16.2 Å². The SMILES string of the molecule is C[C@@H]1CC/C=C\[C@@H]2C[C@@]2(C(=O)NS(=O)(=O)C2(C)CC2)NC(=O)[C@@H]2C[C@@H](Oc3cc(-c4cncs4)nc(C(F)(F)F)c3)CN2C(=O)[C@@H](NC(=O)OC(C)(C)C(F)(F)F)[C@H](CCS)O1. The molecule has 4 amide bonds. The van der Waals surface area contributed by atoms with Crippen LogP contribution in [-0.4, -0.2) is 112 Å². The Morgan fingerprint density at radius 1 is 1.15 bits per heavy atom. The molecule has 342 valence electrons. The van der Waals surface area contributed by atoms with Crippen LogP contribution in [0.1, 0.15) is 78.3 Å². The van der Waals surface area contributed by atoms with Crippen molar-refractivity contribution >= 4 is 57.8 Å². The molecule has 2 aromatic rings. The van der Waals surface area contributed by atoms with E-state index in [1.54, 1.807) is 19.1 Å². The molecule has 2 saturated carbocycles. The van der Waals surface area contributed by atoms with Crippen LogP contribution in [0.5, 0.6) is 5.75 Å². The molecule has 3 fully saturated rings. The second-order valence-corrected chi connectivity index (χ2v) is 20.1. The van der Waals surface area contributed by atoms with Crippen molar-refractivity contribution < 1.29 is 68.1 Å². The highest BCUT2D eigenvalue weighted by molar-refractivity contribution is 7.91. The minimum Gasteiger partial charge on any atom is -0.488 e. The lowest BCUT2D eigenvalue weighted by atomic mass is 10.0. The van der Waals surface area contributed by atoms with Crippen molar-refractivity contribution in [3.8, 4) is 16.3 Å². The standard InChI is InChI=1S/C38H46F6N6O9S3/c1-20-7-5-6-8-21-16-36(21,32(53)49-62(55,56)35(4)10-11-35)48-30(51)25-14-23(58-22-13-24(27-17-45-19-61-27)46-28(15-22)37(39,40)41)18-50(25)31(52)29(26(57-20)9-12-60)47-33(54)59-34(2,3)38(42,43)44/h6,8,13,15,17,19-21,23,25-26,29,60H,5,7,9-12,14,16,18H2,1-4H3,(H,47,54)(H,48,51)(H,49,53)/b8-6-/t20-,21-,23-,25+,26+,29+,36-/m1/s1. The zero-order valence-electron chi connectivity index (χ0n) is 33.8. The molecule has 4 heterocycles. The summed E-state index contributed by atoms with van der Waals surface area (Å²) in [5.41, 5.74) is -4.90. The van der Waals surface area contributed by atoms with E-state index in [1.165, 1.54) is 24.7 Å². The number of rotatable bonds is 10. The number of thiol groups is 1. The third kappa shape index (κ3) is 10.3. The van der Waals surface area contributed by atoms with Crippen LogP contribution in [0.15, 0.2) is 36.0 Å². The van der Waals surface area contributed by atoms with E-state index in [9.17, 15) is 53.9 Å². The summed E-state index contributed by atoms with van der Waals surface area (Å²) in [5.74, 6) is -4.08. The number of aromatic nitrogens is 2. The van der Waals surface area contributed by atoms with Crippen LogP contribution in [0.4, 0.5) is 31.1 Å². The maximum atomic E-state index is 14.9. The van der Waals surface area contributed by atoms with E-state index >= 15 is 0 Å². The Morgan fingerprint density at radius 3 is 2.47 bits per heavy atom. The molecule has 7 atom stereocenters. The number of carbonyl (C=O) groups is 4. The number of carbonyl (C=O) groups excluding carboxylic acids is 4. The van der Waals surface area contributed by atoms with Crippen LogP contribution < -0.4 is 20.1 Å². The van der Waals surface area contributed by atoms with Crippen molar-refractivity contribution in [2.24, 2.45) is 5.92 Å². The van der Waals surface area contributed by atoms with Crippen LogP contribution in [0.25, 0.3) is 10.6 Å². The van der Waals surface area contributed by atoms with Gasteiger partial charge in [0.15, 0.2) is 0 Å². The van der Waals surface area contributed by atoms with Crippen molar-refractivity contribution in [1.82, 2.24) is 30.2 Å². The predicted molar refractivity (Wildman–Crippen MR) is 213 cm³/mol. The van der Waals surface area contributed by atoms with E-state index in [4.69, 9.17) is 14.2 Å². The fourth-order valence-corrected chi connectivity index (χ4v) is 9.31. The Morgan fingerprint density at radius 2 is 1.85 bits per heavy atom. The number of sulfonamides is 1. The second kappa shape index (κ2) is 17.4. The molecular formula is C38H46F6N6O9S3. The van der Waals surface area contributed by atoms with Gasteiger partial charge in [-0.3, -0.25) is 24.1 Å². The van der Waals surface area contributed by atoms with Gasteiger partial charge in [0, 0.05) is 30.7 Å². The minimum atomic E-state index is -5.03. The summed E-state index contributed by atoms with van der Waals surface area (Å²) in [6.07, 6.45) is -9.39. The van der Waals surface area contributed by atoms with Crippen LogP contribution in [0.2, 0.25) is 0 Å². The third-order valence-corrected chi connectivity index (χ3v) is 14.6. The van der Waals surface area contributed by atoms with Gasteiger partial charge in [-0.15, -0.1) is 11.3 Å². The van der Waals surface area contributed by atoms with Crippen LogP contribution >= 0.6 is 24.0 Å². The van der Waals surface area contributed by atoms with E-state index in [1.807, 2.05) is 0 Å². The first-order chi connectivity index (χ1) is 28.8. The van der Waals surface area contributed by atoms with Gasteiger partial charge in [-0.2, -0.15) is 39.0 Å². The number of ether oxygens (including phenoxy) is 3. The molecule has 2 aliphatic heterocycles. The van der Waals surface area contributed by atoms with E-state index < -0.39 is 117 Å².